The molecule has 0 aliphatic rings. The summed E-state index contributed by atoms with van der Waals surface area (Å²) in [7, 11) is 0. The van der Waals surface area contributed by atoms with E-state index in [2.05, 4.69) is 25.9 Å². The van der Waals surface area contributed by atoms with Gasteiger partial charge in [0.1, 0.15) is 11.7 Å². The first-order chi connectivity index (χ1) is 9.22. The zero-order chi connectivity index (χ0) is 13.7. The van der Waals surface area contributed by atoms with E-state index < -0.39 is 5.92 Å². The molecule has 2 aromatic rings. The van der Waals surface area contributed by atoms with Crippen LogP contribution in [-0.4, -0.2) is 22.5 Å². The molecule has 0 spiro atoms. The number of halogens is 1. The predicted molar refractivity (Wildman–Crippen MR) is 74.7 cm³/mol. The van der Waals surface area contributed by atoms with Gasteiger partial charge in [-0.2, -0.15) is 0 Å². The number of ether oxygens (including phenoxy) is 1. The van der Waals surface area contributed by atoms with Gasteiger partial charge in [-0.3, -0.25) is 4.79 Å². The van der Waals surface area contributed by atoms with Gasteiger partial charge in [0.2, 0.25) is 0 Å². The van der Waals surface area contributed by atoms with Gasteiger partial charge in [0, 0.05) is 12.4 Å². The van der Waals surface area contributed by atoms with Crippen molar-refractivity contribution in [1.29, 1.82) is 0 Å². The van der Waals surface area contributed by atoms with Crippen molar-refractivity contribution in [2.75, 3.05) is 6.61 Å². The third-order valence-corrected chi connectivity index (χ3v) is 2.96. The second-order valence-corrected chi connectivity index (χ2v) is 4.77. The van der Waals surface area contributed by atoms with Gasteiger partial charge < -0.3 is 4.74 Å². The molecule has 0 radical (unpaired) electrons. The van der Waals surface area contributed by atoms with Crippen LogP contribution in [0.15, 0.2) is 47.2 Å². The Morgan fingerprint density at radius 3 is 2.47 bits per heavy atom. The maximum atomic E-state index is 12.1. The molecule has 2 rings (SSSR count). The number of carbonyl (C=O) groups is 1. The van der Waals surface area contributed by atoms with Crippen molar-refractivity contribution in [2.24, 2.45) is 0 Å². The highest BCUT2D eigenvalue weighted by atomic mass is 79.9. The average molecular weight is 321 g/mol. The molecule has 1 unspecified atom stereocenters. The molecule has 0 aliphatic heterocycles. The Bertz CT molecular complexity index is 543. The number of hydrogen-bond acceptors (Lipinski definition) is 4. The quantitative estimate of drug-likeness (QED) is 0.813. The average Bonchev–Trinajstić information content (AvgIpc) is 2.43. The molecular formula is C14H13BrN2O2. The SMILES string of the molecule is CCOC(=O)C(c1ccccc1)c1ncc(Br)cn1. The lowest BCUT2D eigenvalue weighted by Gasteiger charge is -2.14. The lowest BCUT2D eigenvalue weighted by molar-refractivity contribution is -0.144. The van der Waals surface area contributed by atoms with Crippen molar-refractivity contribution in [1.82, 2.24) is 9.97 Å². The van der Waals surface area contributed by atoms with E-state index in [1.165, 1.54) is 0 Å². The fourth-order valence-corrected chi connectivity index (χ4v) is 1.94. The zero-order valence-electron chi connectivity index (χ0n) is 10.4. The molecular weight excluding hydrogens is 308 g/mol. The van der Waals surface area contributed by atoms with Crippen LogP contribution in [-0.2, 0) is 9.53 Å². The van der Waals surface area contributed by atoms with Crippen LogP contribution in [0.3, 0.4) is 0 Å². The van der Waals surface area contributed by atoms with Gasteiger partial charge in [-0.05, 0) is 28.4 Å². The van der Waals surface area contributed by atoms with Crippen molar-refractivity contribution < 1.29 is 9.53 Å². The van der Waals surface area contributed by atoms with Gasteiger partial charge in [0.15, 0.2) is 0 Å². The number of hydrogen-bond donors (Lipinski definition) is 0. The van der Waals surface area contributed by atoms with Crippen LogP contribution >= 0.6 is 15.9 Å². The molecule has 0 saturated heterocycles. The van der Waals surface area contributed by atoms with E-state index in [4.69, 9.17) is 4.74 Å². The molecule has 19 heavy (non-hydrogen) atoms. The summed E-state index contributed by atoms with van der Waals surface area (Å²) in [5.41, 5.74) is 0.822. The highest BCUT2D eigenvalue weighted by Crippen LogP contribution is 2.23. The Morgan fingerprint density at radius 1 is 1.26 bits per heavy atom. The predicted octanol–water partition coefficient (Wildman–Crippen LogP) is 2.93. The molecule has 1 aromatic heterocycles. The molecule has 0 N–H and O–H groups in total. The normalized spacial score (nSPS) is 11.9. The standard InChI is InChI=1S/C14H13BrN2O2/c1-2-19-14(18)12(10-6-4-3-5-7-10)13-16-8-11(15)9-17-13/h3-9,12H,2H2,1H3. The van der Waals surface area contributed by atoms with Crippen LogP contribution in [0.5, 0.6) is 0 Å². The molecule has 1 atom stereocenters. The summed E-state index contributed by atoms with van der Waals surface area (Å²) in [5.74, 6) is -0.488. The van der Waals surface area contributed by atoms with Gasteiger partial charge >= 0.3 is 5.97 Å². The molecule has 1 aromatic carbocycles. The van der Waals surface area contributed by atoms with Gasteiger partial charge in [0.25, 0.3) is 0 Å². The minimum atomic E-state index is -0.589. The topological polar surface area (TPSA) is 52.1 Å². The van der Waals surface area contributed by atoms with E-state index in [-0.39, 0.29) is 5.97 Å². The molecule has 0 bridgehead atoms. The van der Waals surface area contributed by atoms with Crippen molar-refractivity contribution in [2.45, 2.75) is 12.8 Å². The fraction of sp³-hybridized carbons (Fsp3) is 0.214. The summed E-state index contributed by atoms with van der Waals surface area (Å²) in [6.07, 6.45) is 3.25. The monoisotopic (exact) mass is 320 g/mol. The highest BCUT2D eigenvalue weighted by molar-refractivity contribution is 9.10. The summed E-state index contributed by atoms with van der Waals surface area (Å²) >= 11 is 3.28. The summed E-state index contributed by atoms with van der Waals surface area (Å²) < 4.78 is 5.88. The molecule has 0 aliphatic carbocycles. The lowest BCUT2D eigenvalue weighted by Crippen LogP contribution is -2.19. The van der Waals surface area contributed by atoms with Gasteiger partial charge in [-0.25, -0.2) is 9.97 Å². The number of carbonyl (C=O) groups excluding carboxylic acids is 1. The van der Waals surface area contributed by atoms with Crippen LogP contribution in [0, 0.1) is 0 Å². The van der Waals surface area contributed by atoms with E-state index in [1.54, 1.807) is 19.3 Å². The molecule has 1 heterocycles. The summed E-state index contributed by atoms with van der Waals surface area (Å²) in [6.45, 7) is 2.11. The second kappa shape index (κ2) is 6.43. The number of nitrogens with zero attached hydrogens (tertiary/aromatic N) is 2. The van der Waals surface area contributed by atoms with E-state index in [0.29, 0.717) is 12.4 Å². The minimum Gasteiger partial charge on any atom is -0.465 e. The first-order valence-corrected chi connectivity index (χ1v) is 6.70. The molecule has 0 saturated carbocycles. The zero-order valence-corrected chi connectivity index (χ0v) is 12.0. The fourth-order valence-electron chi connectivity index (χ4n) is 1.73. The summed E-state index contributed by atoms with van der Waals surface area (Å²) in [6, 6.07) is 9.38. The van der Waals surface area contributed by atoms with E-state index in [0.717, 1.165) is 10.0 Å². The van der Waals surface area contributed by atoms with Crippen molar-refractivity contribution in [3.63, 3.8) is 0 Å². The highest BCUT2D eigenvalue weighted by Gasteiger charge is 2.26. The van der Waals surface area contributed by atoms with E-state index in [9.17, 15) is 4.79 Å². The van der Waals surface area contributed by atoms with Crippen LogP contribution < -0.4 is 0 Å². The Balaban J connectivity index is 2.40. The Morgan fingerprint density at radius 2 is 1.89 bits per heavy atom. The third-order valence-electron chi connectivity index (χ3n) is 2.55. The lowest BCUT2D eigenvalue weighted by atomic mass is 9.98. The van der Waals surface area contributed by atoms with Gasteiger partial charge in [-0.1, -0.05) is 30.3 Å². The first-order valence-electron chi connectivity index (χ1n) is 5.91. The van der Waals surface area contributed by atoms with Crippen LogP contribution in [0.4, 0.5) is 0 Å². The minimum absolute atomic E-state index is 0.332. The third kappa shape index (κ3) is 3.38. The summed E-state index contributed by atoms with van der Waals surface area (Å²) in [4.78, 5) is 20.5. The maximum absolute atomic E-state index is 12.1. The first kappa shape index (κ1) is 13.7. The van der Waals surface area contributed by atoms with Crippen LogP contribution in [0.1, 0.15) is 24.2 Å². The smallest absolute Gasteiger partial charge is 0.321 e. The Labute approximate surface area is 120 Å². The van der Waals surface area contributed by atoms with E-state index in [1.807, 2.05) is 30.3 Å². The largest absolute Gasteiger partial charge is 0.465 e. The molecule has 5 heteroatoms. The van der Waals surface area contributed by atoms with Gasteiger partial charge in [-0.15, -0.1) is 0 Å². The van der Waals surface area contributed by atoms with Crippen molar-refractivity contribution in [3.05, 3.63) is 58.6 Å². The maximum Gasteiger partial charge on any atom is 0.321 e. The number of aromatic nitrogens is 2. The Hall–Kier alpha value is -1.75. The van der Waals surface area contributed by atoms with Crippen molar-refractivity contribution in [3.8, 4) is 0 Å². The molecule has 0 fully saturated rings. The molecule has 98 valence electrons. The van der Waals surface area contributed by atoms with Crippen LogP contribution in [0.25, 0.3) is 0 Å². The molecule has 0 amide bonds. The van der Waals surface area contributed by atoms with Crippen molar-refractivity contribution >= 4 is 21.9 Å². The second-order valence-electron chi connectivity index (χ2n) is 3.86. The van der Waals surface area contributed by atoms with Gasteiger partial charge in [0.05, 0.1) is 11.1 Å². The number of esters is 1. The number of rotatable bonds is 4. The Kier molecular flexibility index (Phi) is 4.63. The van der Waals surface area contributed by atoms with Crippen LogP contribution in [0.2, 0.25) is 0 Å². The number of benzene rings is 1. The van der Waals surface area contributed by atoms with E-state index >= 15 is 0 Å². The molecule has 4 nitrogen and oxygen atoms in total. The summed E-state index contributed by atoms with van der Waals surface area (Å²) in [5, 5.41) is 0.